The van der Waals surface area contributed by atoms with E-state index < -0.39 is 12.2 Å². The molecule has 2 unspecified atom stereocenters. The maximum atomic E-state index is 9.84. The van der Waals surface area contributed by atoms with Gasteiger partial charge in [-0.05, 0) is 81.1 Å². The fourth-order valence-corrected chi connectivity index (χ4v) is 5.16. The molecule has 0 bridgehead atoms. The fraction of sp³-hybridized carbons (Fsp3) is 0.707. The standard InChI is InChI=1S/C41H64O3/c1-2-40(43)36-32-28-25-23-21-19-17-15-13-11-9-7-5-3-4-6-8-10-12-14-16-18-20-22-24-26-29-33-37-41(44)38-34-30-27-31-35-39-42/h1,3-4,32,36,40-44H,5-26,28-29,33,37,39H2. The highest BCUT2D eigenvalue weighted by Crippen LogP contribution is 2.15. The van der Waals surface area contributed by atoms with Crippen LogP contribution in [0.2, 0.25) is 0 Å². The van der Waals surface area contributed by atoms with E-state index in [0.29, 0.717) is 6.42 Å². The minimum atomic E-state index is -0.721. The lowest BCUT2D eigenvalue weighted by Gasteiger charge is -2.04. The molecule has 0 aliphatic heterocycles. The van der Waals surface area contributed by atoms with Crippen LogP contribution >= 0.6 is 0 Å². The van der Waals surface area contributed by atoms with Crippen LogP contribution in [0.4, 0.5) is 0 Å². The van der Waals surface area contributed by atoms with Gasteiger partial charge in [-0.25, -0.2) is 0 Å². The summed E-state index contributed by atoms with van der Waals surface area (Å²) < 4.78 is 0. The van der Waals surface area contributed by atoms with Crippen LogP contribution < -0.4 is 0 Å². The Morgan fingerprint density at radius 1 is 0.477 bits per heavy atom. The molecular weight excluding hydrogens is 540 g/mol. The lowest BCUT2D eigenvalue weighted by atomic mass is 10.0. The third-order valence-electron chi connectivity index (χ3n) is 7.84. The maximum absolute atomic E-state index is 9.84. The van der Waals surface area contributed by atoms with E-state index in [-0.39, 0.29) is 6.61 Å². The molecule has 0 heterocycles. The van der Waals surface area contributed by atoms with Gasteiger partial charge in [0.2, 0.25) is 0 Å². The van der Waals surface area contributed by atoms with Gasteiger partial charge in [0, 0.05) is 0 Å². The van der Waals surface area contributed by atoms with Crippen molar-refractivity contribution in [3.63, 3.8) is 0 Å². The van der Waals surface area contributed by atoms with E-state index in [9.17, 15) is 10.2 Å². The van der Waals surface area contributed by atoms with E-state index in [0.717, 1.165) is 19.3 Å². The molecular formula is C41H64O3. The zero-order valence-corrected chi connectivity index (χ0v) is 28.0. The summed E-state index contributed by atoms with van der Waals surface area (Å²) >= 11 is 0. The lowest BCUT2D eigenvalue weighted by molar-refractivity contribution is 0.217. The topological polar surface area (TPSA) is 60.7 Å². The zero-order valence-electron chi connectivity index (χ0n) is 28.0. The lowest BCUT2D eigenvalue weighted by Crippen LogP contribution is -2.01. The molecule has 0 aromatic rings. The third kappa shape index (κ3) is 35.8. The predicted molar refractivity (Wildman–Crippen MR) is 190 cm³/mol. The van der Waals surface area contributed by atoms with Crippen molar-refractivity contribution in [2.75, 3.05) is 6.61 Å². The Labute approximate surface area is 272 Å². The van der Waals surface area contributed by atoms with Gasteiger partial charge in [0.15, 0.2) is 0 Å². The van der Waals surface area contributed by atoms with Crippen molar-refractivity contribution in [3.05, 3.63) is 24.3 Å². The Bertz CT molecular complexity index is 905. The molecule has 0 aromatic carbocycles. The minimum Gasteiger partial charge on any atom is -0.384 e. The van der Waals surface area contributed by atoms with Gasteiger partial charge in [0.1, 0.15) is 18.8 Å². The van der Waals surface area contributed by atoms with Crippen molar-refractivity contribution < 1.29 is 15.3 Å². The average Bonchev–Trinajstić information content (AvgIpc) is 3.03. The van der Waals surface area contributed by atoms with Gasteiger partial charge in [0.05, 0.1) is 0 Å². The van der Waals surface area contributed by atoms with Gasteiger partial charge < -0.3 is 15.3 Å². The number of hydrogen-bond acceptors (Lipinski definition) is 3. The van der Waals surface area contributed by atoms with Crippen molar-refractivity contribution in [2.24, 2.45) is 0 Å². The van der Waals surface area contributed by atoms with Crippen LogP contribution in [-0.4, -0.2) is 34.1 Å². The summed E-state index contributed by atoms with van der Waals surface area (Å²) in [5.74, 6) is 17.6. The summed E-state index contributed by atoms with van der Waals surface area (Å²) in [5.41, 5.74) is 0. The second-order valence-electron chi connectivity index (χ2n) is 11.9. The molecule has 0 fully saturated rings. The number of aliphatic hydroxyl groups is 3. The van der Waals surface area contributed by atoms with E-state index in [2.05, 4.69) is 53.6 Å². The number of unbranched alkanes of at least 4 members (excludes halogenated alkanes) is 23. The maximum Gasteiger partial charge on any atom is 0.133 e. The van der Waals surface area contributed by atoms with Crippen LogP contribution in [0.25, 0.3) is 0 Å². The van der Waals surface area contributed by atoms with Crippen LogP contribution in [0.5, 0.6) is 0 Å². The molecule has 0 spiro atoms. The predicted octanol–water partition coefficient (Wildman–Crippen LogP) is 9.60. The minimum absolute atomic E-state index is 0.197. The van der Waals surface area contributed by atoms with Crippen molar-refractivity contribution >= 4 is 0 Å². The molecule has 0 radical (unpaired) electrons. The first-order chi connectivity index (χ1) is 21.7. The molecule has 0 aromatic heterocycles. The molecule has 2 atom stereocenters. The molecule has 0 aliphatic rings. The summed E-state index contributed by atoms with van der Waals surface area (Å²) in [7, 11) is 0. The highest BCUT2D eigenvalue weighted by atomic mass is 16.3. The van der Waals surface area contributed by atoms with Crippen molar-refractivity contribution in [1.29, 1.82) is 0 Å². The monoisotopic (exact) mass is 604 g/mol. The Morgan fingerprint density at radius 3 is 1.30 bits per heavy atom. The van der Waals surface area contributed by atoms with Gasteiger partial charge in [-0.3, -0.25) is 0 Å². The molecule has 0 saturated heterocycles. The van der Waals surface area contributed by atoms with E-state index in [1.54, 1.807) is 6.08 Å². The van der Waals surface area contributed by atoms with E-state index in [1.807, 2.05) is 6.08 Å². The first kappa shape index (κ1) is 41.6. The quantitative estimate of drug-likeness (QED) is 0.0453. The molecule has 44 heavy (non-hydrogen) atoms. The van der Waals surface area contributed by atoms with E-state index in [4.69, 9.17) is 11.5 Å². The van der Waals surface area contributed by atoms with Crippen molar-refractivity contribution in [2.45, 2.75) is 179 Å². The Hall–Kier alpha value is -2.40. The molecule has 3 heteroatoms. The second kappa shape index (κ2) is 36.8. The number of hydrogen-bond donors (Lipinski definition) is 3. The van der Waals surface area contributed by atoms with Crippen LogP contribution in [0.15, 0.2) is 24.3 Å². The number of rotatable bonds is 29. The summed E-state index contributed by atoms with van der Waals surface area (Å²) in [6, 6.07) is 0. The molecule has 3 N–H and O–H groups in total. The SMILES string of the molecule is C#CC(O)C=CCCCCCCCCCCCCC=CCCCCCCCCCCCCCCC(O)C#CC#CC#CCO. The van der Waals surface area contributed by atoms with Gasteiger partial charge in [-0.2, -0.15) is 0 Å². The smallest absolute Gasteiger partial charge is 0.133 e. The van der Waals surface area contributed by atoms with Crippen LogP contribution in [0, 0.1) is 47.9 Å². The summed E-state index contributed by atoms with van der Waals surface area (Å²) in [5, 5.41) is 27.6. The highest BCUT2D eigenvalue weighted by molar-refractivity contribution is 5.36. The summed E-state index contributed by atoms with van der Waals surface area (Å²) in [6.07, 6.45) is 45.6. The Morgan fingerprint density at radius 2 is 0.864 bits per heavy atom. The Balaban J connectivity index is 3.26. The largest absolute Gasteiger partial charge is 0.384 e. The van der Waals surface area contributed by atoms with Gasteiger partial charge in [-0.1, -0.05) is 152 Å². The van der Waals surface area contributed by atoms with Gasteiger partial charge in [-0.15, -0.1) is 6.42 Å². The average molecular weight is 605 g/mol. The van der Waals surface area contributed by atoms with Crippen LogP contribution in [0.1, 0.15) is 167 Å². The highest BCUT2D eigenvalue weighted by Gasteiger charge is 1.99. The normalized spacial score (nSPS) is 12.1. The molecule has 0 rings (SSSR count). The van der Waals surface area contributed by atoms with Gasteiger partial charge >= 0.3 is 0 Å². The van der Waals surface area contributed by atoms with E-state index in [1.165, 1.54) is 141 Å². The number of aliphatic hydroxyl groups excluding tert-OH is 3. The third-order valence-corrected chi connectivity index (χ3v) is 7.84. The zero-order chi connectivity index (χ0) is 32.0. The molecule has 3 nitrogen and oxygen atoms in total. The number of terminal acetylenes is 1. The molecule has 0 saturated carbocycles. The summed E-state index contributed by atoms with van der Waals surface area (Å²) in [4.78, 5) is 0. The molecule has 0 amide bonds. The van der Waals surface area contributed by atoms with Crippen molar-refractivity contribution in [1.82, 2.24) is 0 Å². The molecule has 0 aliphatic carbocycles. The second-order valence-corrected chi connectivity index (χ2v) is 11.9. The summed E-state index contributed by atoms with van der Waals surface area (Å²) in [6.45, 7) is -0.197. The first-order valence-corrected chi connectivity index (χ1v) is 17.9. The Kier molecular flexibility index (Phi) is 34.8. The van der Waals surface area contributed by atoms with Crippen molar-refractivity contribution in [3.8, 4) is 47.9 Å². The molecule has 246 valence electrons. The number of allylic oxidation sites excluding steroid dienone is 3. The van der Waals surface area contributed by atoms with Gasteiger partial charge in [0.25, 0.3) is 0 Å². The van der Waals surface area contributed by atoms with Crippen LogP contribution in [-0.2, 0) is 0 Å². The first-order valence-electron chi connectivity index (χ1n) is 17.9. The van der Waals surface area contributed by atoms with E-state index >= 15 is 0 Å². The van der Waals surface area contributed by atoms with Crippen LogP contribution in [0.3, 0.4) is 0 Å². The fourth-order valence-electron chi connectivity index (χ4n) is 5.16.